The molecule has 1 fully saturated rings. The molecule has 0 aliphatic carbocycles. The van der Waals surface area contributed by atoms with Crippen molar-refractivity contribution in [3.05, 3.63) is 35.4 Å². The standard InChI is InChI=1S/C20H27N3O5/c1-3-28-20(27)23-12-10-22(11-13-23)19(26)14-21-18(25)9-8-17(24)16-7-5-4-6-15(16)2/h4-7H,3,8-14H2,1-2H3,(H,21,25). The molecular weight excluding hydrogens is 362 g/mol. The minimum absolute atomic E-state index is 0.0388. The van der Waals surface area contributed by atoms with E-state index < -0.39 is 0 Å². The Morgan fingerprint density at radius 2 is 1.64 bits per heavy atom. The number of Topliss-reactive ketones (excluding diaryl/α,β-unsaturated/α-hetero) is 1. The number of ether oxygens (including phenoxy) is 1. The molecule has 0 bridgehead atoms. The van der Waals surface area contributed by atoms with Gasteiger partial charge in [0.2, 0.25) is 11.8 Å². The van der Waals surface area contributed by atoms with Crippen LogP contribution in [0.5, 0.6) is 0 Å². The summed E-state index contributed by atoms with van der Waals surface area (Å²) in [5, 5.41) is 2.57. The first kappa shape index (κ1) is 21.4. The van der Waals surface area contributed by atoms with Crippen LogP contribution in [0.2, 0.25) is 0 Å². The van der Waals surface area contributed by atoms with Crippen LogP contribution in [0.4, 0.5) is 4.79 Å². The number of hydrogen-bond donors (Lipinski definition) is 1. The third kappa shape index (κ3) is 6.07. The topological polar surface area (TPSA) is 96.0 Å². The predicted molar refractivity (Wildman–Crippen MR) is 103 cm³/mol. The highest BCUT2D eigenvalue weighted by Gasteiger charge is 2.24. The smallest absolute Gasteiger partial charge is 0.409 e. The molecule has 1 aromatic carbocycles. The van der Waals surface area contributed by atoms with Crippen molar-refractivity contribution in [2.75, 3.05) is 39.3 Å². The molecule has 0 spiro atoms. The van der Waals surface area contributed by atoms with E-state index in [0.29, 0.717) is 38.3 Å². The van der Waals surface area contributed by atoms with E-state index in [-0.39, 0.29) is 43.1 Å². The lowest BCUT2D eigenvalue weighted by molar-refractivity contribution is -0.134. The molecule has 0 aromatic heterocycles. The van der Waals surface area contributed by atoms with E-state index in [1.54, 1.807) is 28.9 Å². The van der Waals surface area contributed by atoms with Crippen molar-refractivity contribution in [1.82, 2.24) is 15.1 Å². The van der Waals surface area contributed by atoms with E-state index in [1.807, 2.05) is 19.1 Å². The number of amides is 3. The molecule has 1 heterocycles. The number of nitrogens with one attached hydrogen (secondary N) is 1. The molecule has 152 valence electrons. The van der Waals surface area contributed by atoms with E-state index in [4.69, 9.17) is 4.74 Å². The molecule has 0 radical (unpaired) electrons. The van der Waals surface area contributed by atoms with Crippen LogP contribution in [-0.4, -0.2) is 72.8 Å². The predicted octanol–water partition coefficient (Wildman–Crippen LogP) is 1.37. The number of rotatable bonds is 7. The molecule has 8 nitrogen and oxygen atoms in total. The van der Waals surface area contributed by atoms with E-state index >= 15 is 0 Å². The van der Waals surface area contributed by atoms with Gasteiger partial charge in [-0.25, -0.2) is 4.79 Å². The van der Waals surface area contributed by atoms with Gasteiger partial charge in [0.1, 0.15) is 0 Å². The third-order valence-corrected chi connectivity index (χ3v) is 4.62. The Morgan fingerprint density at radius 1 is 1.00 bits per heavy atom. The second kappa shape index (κ2) is 10.4. The van der Waals surface area contributed by atoms with Crippen molar-refractivity contribution in [2.24, 2.45) is 0 Å². The molecule has 8 heteroatoms. The van der Waals surface area contributed by atoms with Gasteiger partial charge in [-0.2, -0.15) is 0 Å². The minimum atomic E-state index is -0.374. The second-order valence-corrected chi connectivity index (χ2v) is 6.58. The normalized spacial score (nSPS) is 13.8. The number of ketones is 1. The molecule has 2 rings (SSSR count). The molecule has 0 saturated carbocycles. The molecule has 1 aliphatic heterocycles. The van der Waals surface area contributed by atoms with E-state index in [2.05, 4.69) is 5.32 Å². The summed E-state index contributed by atoms with van der Waals surface area (Å²) in [7, 11) is 0. The number of benzene rings is 1. The SMILES string of the molecule is CCOC(=O)N1CCN(C(=O)CNC(=O)CCC(=O)c2ccccc2C)CC1. The van der Waals surface area contributed by atoms with Crippen molar-refractivity contribution < 1.29 is 23.9 Å². The Balaban J connectivity index is 1.69. The number of piperazine rings is 1. The third-order valence-electron chi connectivity index (χ3n) is 4.62. The lowest BCUT2D eigenvalue weighted by Crippen LogP contribution is -2.52. The van der Waals surface area contributed by atoms with Crippen LogP contribution in [0.3, 0.4) is 0 Å². The monoisotopic (exact) mass is 389 g/mol. The van der Waals surface area contributed by atoms with Crippen LogP contribution < -0.4 is 5.32 Å². The van der Waals surface area contributed by atoms with Gasteiger partial charge < -0.3 is 19.9 Å². The Morgan fingerprint density at radius 3 is 2.29 bits per heavy atom. The number of carbonyl (C=O) groups excluding carboxylic acids is 4. The van der Waals surface area contributed by atoms with Crippen LogP contribution in [0.15, 0.2) is 24.3 Å². The van der Waals surface area contributed by atoms with Crippen LogP contribution in [0.1, 0.15) is 35.7 Å². The van der Waals surface area contributed by atoms with Gasteiger partial charge in [-0.05, 0) is 19.4 Å². The summed E-state index contributed by atoms with van der Waals surface area (Å²) < 4.78 is 4.94. The minimum Gasteiger partial charge on any atom is -0.450 e. The zero-order chi connectivity index (χ0) is 20.5. The highest BCUT2D eigenvalue weighted by Crippen LogP contribution is 2.11. The molecule has 1 saturated heterocycles. The van der Waals surface area contributed by atoms with E-state index in [9.17, 15) is 19.2 Å². The van der Waals surface area contributed by atoms with Crippen molar-refractivity contribution in [3.8, 4) is 0 Å². The van der Waals surface area contributed by atoms with Crippen LogP contribution in [0, 0.1) is 6.92 Å². The van der Waals surface area contributed by atoms with Gasteiger partial charge in [-0.15, -0.1) is 0 Å². The summed E-state index contributed by atoms with van der Waals surface area (Å²) in [6.45, 7) is 5.42. The maximum Gasteiger partial charge on any atom is 0.409 e. The van der Waals surface area contributed by atoms with E-state index in [0.717, 1.165) is 5.56 Å². The lowest BCUT2D eigenvalue weighted by Gasteiger charge is -2.34. The quantitative estimate of drug-likeness (QED) is 0.711. The number of nitrogens with zero attached hydrogens (tertiary/aromatic N) is 2. The average molecular weight is 389 g/mol. The first-order valence-electron chi connectivity index (χ1n) is 9.47. The Bertz CT molecular complexity index is 726. The molecule has 1 N–H and O–H groups in total. The number of carbonyl (C=O) groups is 4. The van der Waals surface area contributed by atoms with Gasteiger partial charge in [0.15, 0.2) is 5.78 Å². The van der Waals surface area contributed by atoms with Crippen LogP contribution >= 0.6 is 0 Å². The Kier molecular flexibility index (Phi) is 7.98. The van der Waals surface area contributed by atoms with Gasteiger partial charge in [0.05, 0.1) is 13.2 Å². The highest BCUT2D eigenvalue weighted by molar-refractivity contribution is 5.99. The second-order valence-electron chi connectivity index (χ2n) is 6.58. The maximum absolute atomic E-state index is 12.2. The molecule has 1 aromatic rings. The van der Waals surface area contributed by atoms with Gasteiger partial charge in [-0.3, -0.25) is 14.4 Å². The van der Waals surface area contributed by atoms with Gasteiger partial charge in [-0.1, -0.05) is 24.3 Å². The molecular formula is C20H27N3O5. The summed E-state index contributed by atoms with van der Waals surface area (Å²) in [5.74, 6) is -0.628. The summed E-state index contributed by atoms with van der Waals surface area (Å²) in [6, 6.07) is 7.25. The average Bonchev–Trinajstić information content (AvgIpc) is 2.70. The Hall–Kier alpha value is -2.90. The molecule has 3 amide bonds. The molecule has 0 unspecified atom stereocenters. The van der Waals surface area contributed by atoms with Gasteiger partial charge in [0.25, 0.3) is 0 Å². The fourth-order valence-electron chi connectivity index (χ4n) is 2.98. The zero-order valence-corrected chi connectivity index (χ0v) is 16.4. The summed E-state index contributed by atoms with van der Waals surface area (Å²) in [5.41, 5.74) is 1.50. The molecule has 1 aliphatic rings. The zero-order valence-electron chi connectivity index (χ0n) is 16.4. The van der Waals surface area contributed by atoms with Gasteiger partial charge in [0, 0.05) is 44.6 Å². The maximum atomic E-state index is 12.2. The lowest BCUT2D eigenvalue weighted by atomic mass is 10.0. The summed E-state index contributed by atoms with van der Waals surface area (Å²) in [6.07, 6.45) is -0.235. The number of hydrogen-bond acceptors (Lipinski definition) is 5. The van der Waals surface area contributed by atoms with Crippen molar-refractivity contribution in [1.29, 1.82) is 0 Å². The molecule has 28 heavy (non-hydrogen) atoms. The van der Waals surface area contributed by atoms with Crippen molar-refractivity contribution in [3.63, 3.8) is 0 Å². The van der Waals surface area contributed by atoms with E-state index in [1.165, 1.54) is 0 Å². The summed E-state index contributed by atoms with van der Waals surface area (Å²) in [4.78, 5) is 51.2. The highest BCUT2D eigenvalue weighted by atomic mass is 16.6. The first-order chi connectivity index (χ1) is 13.4. The molecule has 0 atom stereocenters. The fourth-order valence-corrected chi connectivity index (χ4v) is 2.98. The first-order valence-corrected chi connectivity index (χ1v) is 9.47. The number of aryl methyl sites for hydroxylation is 1. The van der Waals surface area contributed by atoms with Crippen molar-refractivity contribution >= 4 is 23.7 Å². The van der Waals surface area contributed by atoms with Crippen LogP contribution in [-0.2, 0) is 14.3 Å². The largest absolute Gasteiger partial charge is 0.450 e. The van der Waals surface area contributed by atoms with Crippen LogP contribution in [0.25, 0.3) is 0 Å². The Labute approximate surface area is 164 Å². The fraction of sp³-hybridized carbons (Fsp3) is 0.500. The van der Waals surface area contributed by atoms with Gasteiger partial charge >= 0.3 is 6.09 Å². The van der Waals surface area contributed by atoms with Crippen molar-refractivity contribution in [2.45, 2.75) is 26.7 Å². The summed E-state index contributed by atoms with van der Waals surface area (Å²) >= 11 is 0.